The van der Waals surface area contributed by atoms with Crippen molar-refractivity contribution in [1.82, 2.24) is 10.0 Å². The van der Waals surface area contributed by atoms with Gasteiger partial charge in [-0.25, -0.2) is 13.1 Å². The van der Waals surface area contributed by atoms with Crippen LogP contribution < -0.4 is 10.0 Å². The molecule has 0 aromatic rings. The van der Waals surface area contributed by atoms with Gasteiger partial charge in [0.25, 0.3) is 0 Å². The second-order valence-electron chi connectivity index (χ2n) is 5.93. The van der Waals surface area contributed by atoms with Crippen LogP contribution in [0, 0.1) is 17.8 Å². The highest BCUT2D eigenvalue weighted by Crippen LogP contribution is 2.19. The van der Waals surface area contributed by atoms with Gasteiger partial charge in [-0.15, -0.1) is 0 Å². The van der Waals surface area contributed by atoms with Crippen LogP contribution >= 0.6 is 0 Å². The number of hydrogen-bond acceptors (Lipinski definition) is 3. The van der Waals surface area contributed by atoms with Crippen molar-refractivity contribution in [1.29, 1.82) is 0 Å². The third-order valence-corrected chi connectivity index (χ3v) is 4.52. The van der Waals surface area contributed by atoms with E-state index < -0.39 is 10.0 Å². The molecule has 0 aliphatic rings. The van der Waals surface area contributed by atoms with Gasteiger partial charge in [0.1, 0.15) is 0 Å². The molecule has 0 fully saturated rings. The van der Waals surface area contributed by atoms with Crippen LogP contribution in [0.3, 0.4) is 0 Å². The SMILES string of the molecule is CC(C)NCCS(=O)(=O)NCC(C(C)C)C(C)C. The minimum Gasteiger partial charge on any atom is -0.313 e. The number of nitrogens with one attached hydrogen (secondary N) is 2. The van der Waals surface area contributed by atoms with Crippen molar-refractivity contribution in [2.24, 2.45) is 17.8 Å². The van der Waals surface area contributed by atoms with Crippen molar-refractivity contribution in [2.45, 2.75) is 47.6 Å². The Morgan fingerprint density at radius 3 is 1.83 bits per heavy atom. The summed E-state index contributed by atoms with van der Waals surface area (Å²) in [6.45, 7) is 13.6. The minimum atomic E-state index is -3.15. The summed E-state index contributed by atoms with van der Waals surface area (Å²) < 4.78 is 26.3. The maximum atomic E-state index is 11.8. The maximum absolute atomic E-state index is 11.8. The Balaban J connectivity index is 4.16. The molecule has 0 aromatic heterocycles. The van der Waals surface area contributed by atoms with Gasteiger partial charge in [0.15, 0.2) is 0 Å². The minimum absolute atomic E-state index is 0.147. The third-order valence-electron chi connectivity index (χ3n) is 3.17. The van der Waals surface area contributed by atoms with Crippen molar-refractivity contribution in [3.05, 3.63) is 0 Å². The first-order valence-corrected chi connectivity index (χ1v) is 8.51. The molecule has 0 aliphatic heterocycles. The fourth-order valence-corrected chi connectivity index (χ4v) is 3.00. The molecule has 0 heterocycles. The van der Waals surface area contributed by atoms with E-state index in [0.717, 1.165) is 0 Å². The molecular weight excluding hydrogens is 248 g/mol. The fourth-order valence-electron chi connectivity index (χ4n) is 2.02. The standard InChI is InChI=1S/C13H30N2O2S/c1-10(2)13(11(3)4)9-15-18(16,17)8-7-14-12(5)6/h10-15H,7-9H2,1-6H3. The van der Waals surface area contributed by atoms with Gasteiger partial charge < -0.3 is 5.32 Å². The second-order valence-corrected chi connectivity index (χ2v) is 7.85. The molecule has 0 amide bonds. The van der Waals surface area contributed by atoms with Crippen molar-refractivity contribution in [3.63, 3.8) is 0 Å². The van der Waals surface area contributed by atoms with Crippen LogP contribution in [0.2, 0.25) is 0 Å². The van der Waals surface area contributed by atoms with Gasteiger partial charge in [0.05, 0.1) is 5.75 Å². The molecule has 0 unspecified atom stereocenters. The summed E-state index contributed by atoms with van der Waals surface area (Å²) in [5.74, 6) is 1.51. The Bertz CT molecular complexity index is 303. The summed E-state index contributed by atoms with van der Waals surface area (Å²) in [6, 6.07) is 0.319. The van der Waals surface area contributed by atoms with E-state index in [1.54, 1.807) is 0 Å². The molecule has 0 spiro atoms. The molecule has 0 aliphatic carbocycles. The van der Waals surface area contributed by atoms with Gasteiger partial charge in [0, 0.05) is 19.1 Å². The molecule has 0 atom stereocenters. The molecule has 0 radical (unpaired) electrons. The maximum Gasteiger partial charge on any atom is 0.212 e. The van der Waals surface area contributed by atoms with E-state index in [2.05, 4.69) is 37.7 Å². The lowest BCUT2D eigenvalue weighted by Crippen LogP contribution is -2.38. The lowest BCUT2D eigenvalue weighted by Gasteiger charge is -2.25. The van der Waals surface area contributed by atoms with E-state index in [9.17, 15) is 8.42 Å². The number of sulfonamides is 1. The topological polar surface area (TPSA) is 58.2 Å². The molecule has 5 heteroatoms. The van der Waals surface area contributed by atoms with E-state index in [1.165, 1.54) is 0 Å². The van der Waals surface area contributed by atoms with Crippen molar-refractivity contribution in [2.75, 3.05) is 18.8 Å². The summed E-state index contributed by atoms with van der Waals surface area (Å²) >= 11 is 0. The molecule has 0 saturated carbocycles. The van der Waals surface area contributed by atoms with Gasteiger partial charge in [-0.05, 0) is 17.8 Å². The van der Waals surface area contributed by atoms with Crippen LogP contribution in [0.5, 0.6) is 0 Å². The van der Waals surface area contributed by atoms with E-state index >= 15 is 0 Å². The number of hydrogen-bond donors (Lipinski definition) is 2. The quantitative estimate of drug-likeness (QED) is 0.676. The van der Waals surface area contributed by atoms with Crippen molar-refractivity contribution >= 4 is 10.0 Å². The Morgan fingerprint density at radius 1 is 0.944 bits per heavy atom. The zero-order valence-corrected chi connectivity index (χ0v) is 13.5. The van der Waals surface area contributed by atoms with Crippen LogP contribution in [0.15, 0.2) is 0 Å². The highest BCUT2D eigenvalue weighted by atomic mass is 32.2. The molecular formula is C13H30N2O2S. The number of rotatable bonds is 9. The Hall–Kier alpha value is -0.130. The predicted molar refractivity (Wildman–Crippen MR) is 78.1 cm³/mol. The highest BCUT2D eigenvalue weighted by molar-refractivity contribution is 7.89. The molecule has 4 nitrogen and oxygen atoms in total. The second kappa shape index (κ2) is 8.12. The van der Waals surface area contributed by atoms with E-state index in [1.807, 2.05) is 13.8 Å². The highest BCUT2D eigenvalue weighted by Gasteiger charge is 2.20. The van der Waals surface area contributed by atoms with Crippen LogP contribution in [0.25, 0.3) is 0 Å². The van der Waals surface area contributed by atoms with Gasteiger partial charge >= 0.3 is 0 Å². The average molecular weight is 278 g/mol. The lowest BCUT2D eigenvalue weighted by atomic mass is 9.86. The smallest absolute Gasteiger partial charge is 0.212 e. The zero-order valence-electron chi connectivity index (χ0n) is 12.7. The Labute approximate surface area is 113 Å². The van der Waals surface area contributed by atoms with Gasteiger partial charge in [0.2, 0.25) is 10.0 Å². The third kappa shape index (κ3) is 8.06. The van der Waals surface area contributed by atoms with E-state index in [0.29, 0.717) is 36.9 Å². The molecule has 110 valence electrons. The van der Waals surface area contributed by atoms with Gasteiger partial charge in [-0.3, -0.25) is 0 Å². The van der Waals surface area contributed by atoms with Gasteiger partial charge in [-0.2, -0.15) is 0 Å². The van der Waals surface area contributed by atoms with Gasteiger partial charge in [-0.1, -0.05) is 41.5 Å². The first kappa shape index (κ1) is 17.9. The molecule has 18 heavy (non-hydrogen) atoms. The summed E-state index contributed by atoms with van der Waals surface area (Å²) in [5, 5.41) is 3.12. The Morgan fingerprint density at radius 2 is 1.44 bits per heavy atom. The lowest BCUT2D eigenvalue weighted by molar-refractivity contribution is 0.289. The molecule has 0 bridgehead atoms. The van der Waals surface area contributed by atoms with Crippen LogP contribution in [0.1, 0.15) is 41.5 Å². The average Bonchev–Trinajstić information content (AvgIpc) is 2.14. The predicted octanol–water partition coefficient (Wildman–Crippen LogP) is 1.83. The van der Waals surface area contributed by atoms with Crippen molar-refractivity contribution < 1.29 is 8.42 Å². The summed E-state index contributed by atoms with van der Waals surface area (Å²) in [6.07, 6.45) is 0. The van der Waals surface area contributed by atoms with E-state index in [-0.39, 0.29) is 5.75 Å². The molecule has 0 saturated heterocycles. The summed E-state index contributed by atoms with van der Waals surface area (Å²) in [7, 11) is -3.15. The van der Waals surface area contributed by atoms with E-state index in [4.69, 9.17) is 0 Å². The Kier molecular flexibility index (Phi) is 8.06. The summed E-state index contributed by atoms with van der Waals surface area (Å²) in [5.41, 5.74) is 0. The fraction of sp³-hybridized carbons (Fsp3) is 1.00. The normalized spacial score (nSPS) is 13.2. The first-order chi connectivity index (χ1) is 8.15. The summed E-state index contributed by atoms with van der Waals surface area (Å²) in [4.78, 5) is 0. The zero-order chi connectivity index (χ0) is 14.3. The van der Waals surface area contributed by atoms with Crippen molar-refractivity contribution in [3.8, 4) is 0 Å². The van der Waals surface area contributed by atoms with Crippen LogP contribution in [0.4, 0.5) is 0 Å². The molecule has 0 rings (SSSR count). The first-order valence-electron chi connectivity index (χ1n) is 6.86. The van der Waals surface area contributed by atoms with Crippen LogP contribution in [-0.4, -0.2) is 33.3 Å². The largest absolute Gasteiger partial charge is 0.313 e. The molecule has 0 aromatic carbocycles. The molecule has 2 N–H and O–H groups in total. The monoisotopic (exact) mass is 278 g/mol. The van der Waals surface area contributed by atoms with Crippen LogP contribution in [-0.2, 0) is 10.0 Å².